The lowest BCUT2D eigenvalue weighted by Gasteiger charge is -2.14. The topological polar surface area (TPSA) is 236 Å². The molecule has 372 valence electrons. The summed E-state index contributed by atoms with van der Waals surface area (Å²) in [5, 5.41) is 19.3. The standard InChI is InChI=1S/C50H64N12O6S2/c1-5-7-9-11-13-21-33-51-45-57-47(53-39-23-17-15-18-24-39)61-49(59-45)55-41-31-29-37(43(35-41)69(63,64)67-3)27-28-38-30-32-42(36-44(38)70(65,66)68-4)56-50-60-46(52-34-22-14-12-10-8-6-2)58-48(62-50)54-40-25-19-16-20-26-40/h15-20,23-32,35-36H,5-14,21-22,33-34H2,1-4H3,(H3,51,53,55,57,59,61)(H3,52,54,56,58,60,62). The minimum atomic E-state index is -4.30. The zero-order valence-corrected chi connectivity index (χ0v) is 41.9. The molecule has 0 saturated heterocycles. The Bertz CT molecular complexity index is 2650. The number of benzene rings is 4. The van der Waals surface area contributed by atoms with Crippen molar-refractivity contribution in [3.05, 3.63) is 108 Å². The van der Waals surface area contributed by atoms with E-state index in [1.807, 2.05) is 60.7 Å². The van der Waals surface area contributed by atoms with E-state index in [4.69, 9.17) is 8.37 Å². The van der Waals surface area contributed by atoms with E-state index in [2.05, 4.69) is 75.7 Å². The molecule has 0 aliphatic rings. The van der Waals surface area contributed by atoms with E-state index < -0.39 is 20.2 Å². The fourth-order valence-corrected chi connectivity index (χ4v) is 8.95. The first-order chi connectivity index (χ1) is 34.0. The highest BCUT2D eigenvalue weighted by Gasteiger charge is 2.21. The zero-order chi connectivity index (χ0) is 49.6. The maximum atomic E-state index is 13.4. The van der Waals surface area contributed by atoms with Crippen molar-refractivity contribution in [1.29, 1.82) is 0 Å². The third kappa shape index (κ3) is 16.5. The Hall–Kier alpha value is -6.74. The Morgan fingerprint density at radius 2 is 0.743 bits per heavy atom. The van der Waals surface area contributed by atoms with E-state index in [1.54, 1.807) is 24.3 Å². The van der Waals surface area contributed by atoms with E-state index in [0.717, 1.165) is 64.1 Å². The van der Waals surface area contributed by atoms with Crippen molar-refractivity contribution >= 4 is 90.8 Å². The third-order valence-corrected chi connectivity index (χ3v) is 13.6. The first kappa shape index (κ1) is 52.6. The summed E-state index contributed by atoms with van der Waals surface area (Å²) in [4.78, 5) is 27.1. The summed E-state index contributed by atoms with van der Waals surface area (Å²) in [6.07, 6.45) is 16.6. The lowest BCUT2D eigenvalue weighted by molar-refractivity contribution is 0.396. The van der Waals surface area contributed by atoms with Gasteiger partial charge in [-0.15, -0.1) is 0 Å². The fourth-order valence-electron chi connectivity index (χ4n) is 7.20. The van der Waals surface area contributed by atoms with Gasteiger partial charge >= 0.3 is 0 Å². The number of nitrogens with zero attached hydrogens (tertiary/aromatic N) is 6. The lowest BCUT2D eigenvalue weighted by Crippen LogP contribution is -2.11. The number of aromatic nitrogens is 6. The number of hydrogen-bond acceptors (Lipinski definition) is 18. The second-order valence-corrected chi connectivity index (χ2v) is 19.7. The molecule has 0 bridgehead atoms. The van der Waals surface area contributed by atoms with Crippen LogP contribution in [0, 0.1) is 0 Å². The number of unbranched alkanes of at least 4 members (excludes halogenated alkanes) is 10. The second kappa shape index (κ2) is 26.9. The van der Waals surface area contributed by atoms with Crippen LogP contribution in [0.1, 0.15) is 102 Å². The van der Waals surface area contributed by atoms with E-state index in [1.165, 1.54) is 62.8 Å². The Balaban J connectivity index is 1.25. The minimum absolute atomic E-state index is 0.160. The predicted octanol–water partition coefficient (Wildman–Crippen LogP) is 11.4. The van der Waals surface area contributed by atoms with Crippen molar-refractivity contribution in [2.75, 3.05) is 59.2 Å². The predicted molar refractivity (Wildman–Crippen MR) is 280 cm³/mol. The van der Waals surface area contributed by atoms with E-state index >= 15 is 0 Å². The summed E-state index contributed by atoms with van der Waals surface area (Å²) in [5.41, 5.74) is 2.64. The summed E-state index contributed by atoms with van der Waals surface area (Å²) < 4.78 is 63.7. The van der Waals surface area contributed by atoms with Gasteiger partial charge in [0, 0.05) is 35.8 Å². The Labute approximate surface area is 412 Å². The van der Waals surface area contributed by atoms with Gasteiger partial charge in [-0.3, -0.25) is 8.37 Å². The molecule has 0 fully saturated rings. The van der Waals surface area contributed by atoms with Crippen LogP contribution in [0.25, 0.3) is 12.2 Å². The smallest absolute Gasteiger partial charge is 0.297 e. The van der Waals surface area contributed by atoms with Gasteiger partial charge in [0.25, 0.3) is 20.2 Å². The van der Waals surface area contributed by atoms with E-state index in [0.29, 0.717) is 36.4 Å². The molecular weight excluding hydrogens is 929 g/mol. The van der Waals surface area contributed by atoms with Crippen LogP contribution < -0.4 is 31.9 Å². The average Bonchev–Trinajstić information content (AvgIpc) is 3.36. The van der Waals surface area contributed by atoms with Crippen LogP contribution in [0.5, 0.6) is 0 Å². The van der Waals surface area contributed by atoms with Crippen molar-refractivity contribution in [3.8, 4) is 0 Å². The minimum Gasteiger partial charge on any atom is -0.354 e. The second-order valence-electron chi connectivity index (χ2n) is 16.3. The van der Waals surface area contributed by atoms with Crippen LogP contribution >= 0.6 is 0 Å². The molecule has 0 unspecified atom stereocenters. The molecule has 2 aromatic heterocycles. The van der Waals surface area contributed by atoms with Gasteiger partial charge < -0.3 is 31.9 Å². The first-order valence-electron chi connectivity index (χ1n) is 23.7. The molecule has 70 heavy (non-hydrogen) atoms. The van der Waals surface area contributed by atoms with Gasteiger partial charge in [-0.1, -0.05) is 139 Å². The molecule has 0 atom stereocenters. The molecule has 6 N–H and O–H groups in total. The Morgan fingerprint density at radius 1 is 0.414 bits per heavy atom. The summed E-state index contributed by atoms with van der Waals surface area (Å²) in [7, 11) is -6.48. The number of rotatable bonds is 30. The van der Waals surface area contributed by atoms with Gasteiger partial charge in [0.1, 0.15) is 9.79 Å². The van der Waals surface area contributed by atoms with Crippen LogP contribution in [-0.4, -0.2) is 74.0 Å². The summed E-state index contributed by atoms with van der Waals surface area (Å²) >= 11 is 0. The molecule has 0 amide bonds. The summed E-state index contributed by atoms with van der Waals surface area (Å²) in [5.74, 6) is 1.56. The van der Waals surface area contributed by atoms with Crippen molar-refractivity contribution in [1.82, 2.24) is 29.9 Å². The number of anilines is 10. The third-order valence-electron chi connectivity index (χ3n) is 10.9. The van der Waals surface area contributed by atoms with Crippen molar-refractivity contribution < 1.29 is 25.2 Å². The fraction of sp³-hybridized carbons (Fsp3) is 0.360. The molecular formula is C50H64N12O6S2. The van der Waals surface area contributed by atoms with Gasteiger partial charge in [-0.25, -0.2) is 0 Å². The van der Waals surface area contributed by atoms with Crippen molar-refractivity contribution in [2.24, 2.45) is 0 Å². The van der Waals surface area contributed by atoms with Gasteiger partial charge in [0.05, 0.1) is 14.2 Å². The molecule has 0 saturated carbocycles. The van der Waals surface area contributed by atoms with Crippen LogP contribution in [-0.2, 0) is 28.6 Å². The normalized spacial score (nSPS) is 11.7. The number of nitrogens with one attached hydrogen (secondary N) is 6. The SMILES string of the molecule is CCCCCCCCNc1nc(Nc2ccccc2)nc(Nc2ccc(C=Cc3ccc(Nc4nc(NCCCCCCCC)nc(Nc5ccccc5)n4)cc3S(=O)(=O)OC)c(S(=O)(=O)OC)c2)n1. The molecule has 6 rings (SSSR count). The molecule has 0 spiro atoms. The molecule has 4 aromatic carbocycles. The molecule has 2 heterocycles. The molecule has 20 heteroatoms. The Morgan fingerprint density at radius 3 is 1.10 bits per heavy atom. The maximum absolute atomic E-state index is 13.4. The highest BCUT2D eigenvalue weighted by molar-refractivity contribution is 7.87. The number of hydrogen-bond donors (Lipinski definition) is 6. The molecule has 6 aromatic rings. The van der Waals surface area contributed by atoms with Gasteiger partial charge in [-0.05, 0) is 72.5 Å². The molecule has 18 nitrogen and oxygen atoms in total. The van der Waals surface area contributed by atoms with Gasteiger partial charge in [0.2, 0.25) is 35.7 Å². The number of para-hydroxylation sites is 2. The van der Waals surface area contributed by atoms with Crippen molar-refractivity contribution in [3.63, 3.8) is 0 Å². The summed E-state index contributed by atoms with van der Waals surface area (Å²) in [6, 6.07) is 28.1. The molecule has 0 aliphatic carbocycles. The van der Waals surface area contributed by atoms with Crippen molar-refractivity contribution in [2.45, 2.75) is 101 Å². The maximum Gasteiger partial charge on any atom is 0.297 e. The molecule has 0 radical (unpaired) electrons. The van der Waals surface area contributed by atoms with E-state index in [9.17, 15) is 16.8 Å². The van der Waals surface area contributed by atoms with Gasteiger partial charge in [-0.2, -0.15) is 46.7 Å². The van der Waals surface area contributed by atoms with Gasteiger partial charge in [0.15, 0.2) is 0 Å². The van der Waals surface area contributed by atoms with Crippen LogP contribution in [0.2, 0.25) is 0 Å². The summed E-state index contributed by atoms with van der Waals surface area (Å²) in [6.45, 7) is 5.71. The quantitative estimate of drug-likeness (QED) is 0.0140. The molecule has 0 aliphatic heterocycles. The van der Waals surface area contributed by atoms with Crippen LogP contribution in [0.15, 0.2) is 107 Å². The largest absolute Gasteiger partial charge is 0.354 e. The highest BCUT2D eigenvalue weighted by Crippen LogP contribution is 2.30. The Kier molecular flexibility index (Phi) is 20.2. The van der Waals surface area contributed by atoms with E-state index in [-0.39, 0.29) is 44.7 Å². The monoisotopic (exact) mass is 992 g/mol. The average molecular weight is 993 g/mol. The highest BCUT2D eigenvalue weighted by atomic mass is 32.2. The van der Waals surface area contributed by atoms with Crippen LogP contribution in [0.3, 0.4) is 0 Å². The lowest BCUT2D eigenvalue weighted by atomic mass is 10.1. The zero-order valence-electron chi connectivity index (χ0n) is 40.2. The first-order valence-corrected chi connectivity index (χ1v) is 26.6. The van der Waals surface area contributed by atoms with Crippen LogP contribution in [0.4, 0.5) is 58.4 Å².